The highest BCUT2D eigenvalue weighted by Gasteiger charge is 2.11. The van der Waals surface area contributed by atoms with E-state index in [-0.39, 0.29) is 11.8 Å². The number of nitrogens with two attached hydrogens (primary N) is 1. The van der Waals surface area contributed by atoms with Crippen molar-refractivity contribution in [3.05, 3.63) is 21.5 Å². The van der Waals surface area contributed by atoms with Crippen molar-refractivity contribution in [3.8, 4) is 5.75 Å². The molecular weight excluding hydrogens is 279 g/mol. The van der Waals surface area contributed by atoms with Crippen molar-refractivity contribution in [2.75, 3.05) is 0 Å². The van der Waals surface area contributed by atoms with Gasteiger partial charge in [0.2, 0.25) is 0 Å². The van der Waals surface area contributed by atoms with Crippen molar-refractivity contribution >= 4 is 22.6 Å². The Balaban J connectivity index is 2.88. The molecule has 0 saturated carbocycles. The van der Waals surface area contributed by atoms with E-state index in [0.717, 1.165) is 16.4 Å². The number of rotatable bonds is 3. The maximum Gasteiger partial charge on any atom is 0.139 e. The summed E-state index contributed by atoms with van der Waals surface area (Å²) in [7, 11) is 0. The van der Waals surface area contributed by atoms with E-state index in [1.165, 1.54) is 0 Å². The van der Waals surface area contributed by atoms with Gasteiger partial charge in [-0.25, -0.2) is 0 Å². The second kappa shape index (κ2) is 4.76. The zero-order valence-corrected chi connectivity index (χ0v) is 9.65. The van der Waals surface area contributed by atoms with Crippen LogP contribution in [0.4, 0.5) is 0 Å². The molecule has 3 nitrogen and oxygen atoms in total. The summed E-state index contributed by atoms with van der Waals surface area (Å²) in [5.41, 5.74) is 6.43. The van der Waals surface area contributed by atoms with Crippen LogP contribution in [-0.4, -0.2) is 10.1 Å². The molecule has 1 aromatic rings. The van der Waals surface area contributed by atoms with Gasteiger partial charge in [-0.2, -0.15) is 0 Å². The molecular formula is C9H13IN2O. The van der Waals surface area contributed by atoms with Gasteiger partial charge in [0.25, 0.3) is 0 Å². The van der Waals surface area contributed by atoms with Crippen LogP contribution in [0.15, 0.2) is 12.3 Å². The number of halogens is 1. The van der Waals surface area contributed by atoms with E-state index in [2.05, 4.69) is 34.5 Å². The SMILES string of the molecule is CCC[C@@H](N)c1ncc(I)cc1O. The molecule has 1 aromatic heterocycles. The minimum atomic E-state index is -0.151. The van der Waals surface area contributed by atoms with E-state index in [1.807, 2.05) is 0 Å². The number of nitrogens with zero attached hydrogens (tertiary/aromatic N) is 1. The highest BCUT2D eigenvalue weighted by Crippen LogP contribution is 2.24. The lowest BCUT2D eigenvalue weighted by Crippen LogP contribution is -2.11. The van der Waals surface area contributed by atoms with Crippen molar-refractivity contribution in [2.24, 2.45) is 5.73 Å². The summed E-state index contributed by atoms with van der Waals surface area (Å²) in [6.45, 7) is 2.06. The average Bonchev–Trinajstić information content (AvgIpc) is 2.04. The van der Waals surface area contributed by atoms with Gasteiger partial charge in [0.1, 0.15) is 5.75 Å². The standard InChI is InChI=1S/C9H13IN2O/c1-2-3-7(11)9-8(13)4-6(10)5-12-9/h4-5,7,13H,2-3,11H2,1H3/t7-/m1/s1. The van der Waals surface area contributed by atoms with Gasteiger partial charge in [-0.3, -0.25) is 4.98 Å². The predicted molar refractivity (Wildman–Crippen MR) is 60.5 cm³/mol. The van der Waals surface area contributed by atoms with Crippen LogP contribution in [0, 0.1) is 3.57 Å². The number of hydrogen-bond donors (Lipinski definition) is 2. The molecule has 3 N–H and O–H groups in total. The van der Waals surface area contributed by atoms with Gasteiger partial charge in [-0.05, 0) is 35.1 Å². The Bertz CT molecular complexity index is 291. The summed E-state index contributed by atoms with van der Waals surface area (Å²) in [6.07, 6.45) is 3.56. The van der Waals surface area contributed by atoms with E-state index in [0.29, 0.717) is 5.69 Å². The summed E-state index contributed by atoms with van der Waals surface area (Å²) < 4.78 is 0.919. The number of aromatic hydroxyl groups is 1. The first kappa shape index (κ1) is 10.7. The van der Waals surface area contributed by atoms with Crippen molar-refractivity contribution in [1.82, 2.24) is 4.98 Å². The molecule has 1 atom stereocenters. The van der Waals surface area contributed by atoms with E-state index in [4.69, 9.17) is 5.73 Å². The largest absolute Gasteiger partial charge is 0.506 e. The van der Waals surface area contributed by atoms with Crippen molar-refractivity contribution in [1.29, 1.82) is 0 Å². The summed E-state index contributed by atoms with van der Waals surface area (Å²) >= 11 is 2.10. The number of pyridine rings is 1. The van der Waals surface area contributed by atoms with Crippen LogP contribution in [0.25, 0.3) is 0 Å². The minimum Gasteiger partial charge on any atom is -0.506 e. The van der Waals surface area contributed by atoms with E-state index < -0.39 is 0 Å². The molecule has 0 aliphatic carbocycles. The fourth-order valence-corrected chi connectivity index (χ4v) is 1.61. The molecule has 0 unspecified atom stereocenters. The van der Waals surface area contributed by atoms with Gasteiger partial charge < -0.3 is 10.8 Å². The predicted octanol–water partition coefficient (Wildman–Crippen LogP) is 2.19. The smallest absolute Gasteiger partial charge is 0.139 e. The second-order valence-electron chi connectivity index (χ2n) is 2.95. The van der Waals surface area contributed by atoms with Crippen LogP contribution in [0.5, 0.6) is 5.75 Å². The molecule has 1 rings (SSSR count). The molecule has 13 heavy (non-hydrogen) atoms. The van der Waals surface area contributed by atoms with Crippen molar-refractivity contribution in [2.45, 2.75) is 25.8 Å². The third-order valence-corrected chi connectivity index (χ3v) is 2.40. The van der Waals surface area contributed by atoms with Crippen LogP contribution >= 0.6 is 22.6 Å². The zero-order chi connectivity index (χ0) is 9.84. The monoisotopic (exact) mass is 292 g/mol. The molecule has 0 spiro atoms. The Morgan fingerprint density at radius 1 is 1.69 bits per heavy atom. The van der Waals surface area contributed by atoms with Crippen LogP contribution in [0.3, 0.4) is 0 Å². The van der Waals surface area contributed by atoms with Crippen LogP contribution in [0.2, 0.25) is 0 Å². The van der Waals surface area contributed by atoms with Crippen LogP contribution in [0.1, 0.15) is 31.5 Å². The van der Waals surface area contributed by atoms with Gasteiger partial charge in [-0.15, -0.1) is 0 Å². The van der Waals surface area contributed by atoms with Crippen LogP contribution in [-0.2, 0) is 0 Å². The van der Waals surface area contributed by atoms with Gasteiger partial charge >= 0.3 is 0 Å². The van der Waals surface area contributed by atoms with Crippen molar-refractivity contribution < 1.29 is 5.11 Å². The summed E-state index contributed by atoms with van der Waals surface area (Å²) in [6, 6.07) is 1.53. The third kappa shape index (κ3) is 2.80. The number of hydrogen-bond acceptors (Lipinski definition) is 3. The molecule has 0 aromatic carbocycles. The quantitative estimate of drug-likeness (QED) is 0.840. The molecule has 0 bridgehead atoms. The zero-order valence-electron chi connectivity index (χ0n) is 7.50. The lowest BCUT2D eigenvalue weighted by molar-refractivity contribution is 0.451. The Morgan fingerprint density at radius 3 is 2.92 bits per heavy atom. The van der Waals surface area contributed by atoms with E-state index in [9.17, 15) is 5.11 Å². The maximum atomic E-state index is 9.54. The maximum absolute atomic E-state index is 9.54. The molecule has 0 fully saturated rings. The topological polar surface area (TPSA) is 59.1 Å². The van der Waals surface area contributed by atoms with E-state index >= 15 is 0 Å². The Labute approximate surface area is 91.5 Å². The van der Waals surface area contributed by atoms with Gasteiger partial charge in [0, 0.05) is 9.77 Å². The molecule has 1 heterocycles. The third-order valence-electron chi connectivity index (χ3n) is 1.81. The molecule has 0 saturated heterocycles. The first-order valence-electron chi connectivity index (χ1n) is 4.25. The minimum absolute atomic E-state index is 0.151. The lowest BCUT2D eigenvalue weighted by Gasteiger charge is -2.10. The first-order valence-corrected chi connectivity index (χ1v) is 5.33. The van der Waals surface area contributed by atoms with Gasteiger partial charge in [0.15, 0.2) is 0 Å². The second-order valence-corrected chi connectivity index (χ2v) is 4.20. The molecule has 4 heteroatoms. The highest BCUT2D eigenvalue weighted by molar-refractivity contribution is 14.1. The van der Waals surface area contributed by atoms with Crippen LogP contribution < -0.4 is 5.73 Å². The first-order chi connectivity index (χ1) is 6.15. The van der Waals surface area contributed by atoms with Gasteiger partial charge in [0.05, 0.1) is 11.7 Å². The molecule has 0 amide bonds. The fourth-order valence-electron chi connectivity index (χ4n) is 1.17. The molecule has 0 aliphatic heterocycles. The lowest BCUT2D eigenvalue weighted by atomic mass is 10.1. The summed E-state index contributed by atoms with van der Waals surface area (Å²) in [5, 5.41) is 9.54. The number of aromatic nitrogens is 1. The van der Waals surface area contributed by atoms with Crippen molar-refractivity contribution in [3.63, 3.8) is 0 Å². The van der Waals surface area contributed by atoms with E-state index in [1.54, 1.807) is 12.3 Å². The Kier molecular flexibility index (Phi) is 3.92. The summed E-state index contributed by atoms with van der Waals surface area (Å²) in [5.74, 6) is 0.202. The summed E-state index contributed by atoms with van der Waals surface area (Å²) in [4.78, 5) is 4.11. The highest BCUT2D eigenvalue weighted by atomic mass is 127. The molecule has 72 valence electrons. The molecule has 0 radical (unpaired) electrons. The Morgan fingerprint density at radius 2 is 2.38 bits per heavy atom. The average molecular weight is 292 g/mol. The normalized spacial score (nSPS) is 12.8. The van der Waals surface area contributed by atoms with Gasteiger partial charge in [-0.1, -0.05) is 13.3 Å². The fraction of sp³-hybridized carbons (Fsp3) is 0.444. The Hall–Kier alpha value is -0.360. The molecule has 0 aliphatic rings.